The molecule has 3 N–H and O–H groups in total. The lowest BCUT2D eigenvalue weighted by atomic mass is 9.96. The summed E-state index contributed by atoms with van der Waals surface area (Å²) >= 11 is 0. The molecule has 0 aliphatic rings. The number of hydrogen-bond acceptors (Lipinski definition) is 5. The van der Waals surface area contributed by atoms with Gasteiger partial charge >= 0.3 is 12.0 Å². The summed E-state index contributed by atoms with van der Waals surface area (Å²) in [5.41, 5.74) is 1.25. The molecule has 2 aromatic rings. The number of hydrogen-bond donors (Lipinski definition) is 3. The molecule has 0 bridgehead atoms. The Hall–Kier alpha value is -3.53. The van der Waals surface area contributed by atoms with Crippen LogP contribution in [0.5, 0.6) is 0 Å². The van der Waals surface area contributed by atoms with Crippen LogP contribution in [-0.2, 0) is 27.4 Å². The first kappa shape index (κ1) is 28.7. The zero-order chi connectivity index (χ0) is 26.6. The number of benzene rings is 2. The molecule has 0 saturated carbocycles. The van der Waals surface area contributed by atoms with E-state index in [0.29, 0.717) is 24.2 Å². The average Bonchev–Trinajstić information content (AvgIpc) is 2.88. The van der Waals surface area contributed by atoms with Gasteiger partial charge in [0.1, 0.15) is 12.7 Å². The number of nitrogens with one attached hydrogen (secondary N) is 2. The second kappa shape index (κ2) is 14.1. The average molecular weight is 506 g/mol. The van der Waals surface area contributed by atoms with Crippen molar-refractivity contribution in [2.75, 3.05) is 19.6 Å². The van der Waals surface area contributed by atoms with E-state index in [1.807, 2.05) is 5.32 Å². The van der Waals surface area contributed by atoms with Crippen LogP contribution in [0.25, 0.3) is 0 Å². The molecule has 0 aliphatic carbocycles. The smallest absolute Gasteiger partial charge is 0.407 e. The molecule has 36 heavy (non-hydrogen) atoms. The number of aliphatic hydroxyl groups is 1. The summed E-state index contributed by atoms with van der Waals surface area (Å²) < 4.78 is 35.0. The van der Waals surface area contributed by atoms with Gasteiger partial charge in [0.25, 0.3) is 5.91 Å². The van der Waals surface area contributed by atoms with Crippen molar-refractivity contribution in [2.24, 2.45) is 0 Å². The van der Waals surface area contributed by atoms with E-state index in [-0.39, 0.29) is 31.9 Å². The molecule has 2 rings (SSSR count). The van der Waals surface area contributed by atoms with Crippen molar-refractivity contribution in [3.05, 3.63) is 71.8 Å². The molecular formula is C26H33F2N3O5. The van der Waals surface area contributed by atoms with E-state index in [1.165, 1.54) is 4.90 Å². The zero-order valence-electron chi connectivity index (χ0n) is 20.5. The number of halogens is 2. The monoisotopic (exact) mass is 505 g/mol. The van der Waals surface area contributed by atoms with Crippen LogP contribution in [0, 0.1) is 0 Å². The molecule has 0 saturated heterocycles. The number of aliphatic hydroxyl groups excluding tert-OH is 1. The number of carbonyl (C=O) groups excluding carboxylic acids is 3. The van der Waals surface area contributed by atoms with Crippen LogP contribution < -0.4 is 10.6 Å². The SMILES string of the molecule is CCN(CC)C(=O)CCNC(=O)C(F)(F)C(O)[C@H](Cc1ccccc1)NC(=O)OCc1ccccc1. The van der Waals surface area contributed by atoms with E-state index >= 15 is 0 Å². The van der Waals surface area contributed by atoms with Crippen LogP contribution in [-0.4, -0.2) is 65.6 Å². The normalized spacial score (nSPS) is 12.8. The Bertz CT molecular complexity index is 972. The van der Waals surface area contributed by atoms with Gasteiger partial charge in [-0.25, -0.2) is 4.79 Å². The number of nitrogens with zero attached hydrogens (tertiary/aromatic N) is 1. The van der Waals surface area contributed by atoms with Crippen LogP contribution in [0.4, 0.5) is 13.6 Å². The van der Waals surface area contributed by atoms with E-state index in [0.717, 1.165) is 0 Å². The maximum absolute atomic E-state index is 14.9. The number of alkyl carbamates (subject to hydrolysis) is 1. The number of ether oxygens (including phenoxy) is 1. The van der Waals surface area contributed by atoms with Crippen LogP contribution in [0.1, 0.15) is 31.4 Å². The van der Waals surface area contributed by atoms with Crippen LogP contribution >= 0.6 is 0 Å². The molecule has 0 radical (unpaired) electrons. The van der Waals surface area contributed by atoms with Gasteiger partial charge < -0.3 is 25.4 Å². The highest BCUT2D eigenvalue weighted by Crippen LogP contribution is 2.24. The second-order valence-electron chi connectivity index (χ2n) is 8.14. The van der Waals surface area contributed by atoms with Crippen LogP contribution in [0.15, 0.2) is 60.7 Å². The lowest BCUT2D eigenvalue weighted by Gasteiger charge is -2.29. The van der Waals surface area contributed by atoms with E-state index in [1.54, 1.807) is 74.5 Å². The molecule has 196 valence electrons. The van der Waals surface area contributed by atoms with Gasteiger partial charge in [-0.2, -0.15) is 8.78 Å². The summed E-state index contributed by atoms with van der Waals surface area (Å²) in [7, 11) is 0. The Kier molecular flexibility index (Phi) is 11.3. The zero-order valence-corrected chi connectivity index (χ0v) is 20.5. The Morgan fingerprint density at radius 1 is 0.972 bits per heavy atom. The minimum Gasteiger partial charge on any atom is -0.445 e. The van der Waals surface area contributed by atoms with Crippen LogP contribution in [0.2, 0.25) is 0 Å². The minimum atomic E-state index is -4.25. The fourth-order valence-electron chi connectivity index (χ4n) is 3.55. The Labute approximate surface area is 209 Å². The molecular weight excluding hydrogens is 472 g/mol. The highest BCUT2D eigenvalue weighted by molar-refractivity contribution is 5.85. The van der Waals surface area contributed by atoms with Gasteiger partial charge in [-0.3, -0.25) is 9.59 Å². The number of rotatable bonds is 13. The van der Waals surface area contributed by atoms with Crippen molar-refractivity contribution < 1.29 is 33.0 Å². The second-order valence-corrected chi connectivity index (χ2v) is 8.14. The largest absolute Gasteiger partial charge is 0.445 e. The molecule has 2 atom stereocenters. The molecule has 0 fully saturated rings. The van der Waals surface area contributed by atoms with Gasteiger partial charge in [0, 0.05) is 26.1 Å². The van der Waals surface area contributed by atoms with Gasteiger partial charge in [-0.1, -0.05) is 60.7 Å². The summed E-state index contributed by atoms with van der Waals surface area (Å²) in [6.45, 7) is 4.09. The summed E-state index contributed by atoms with van der Waals surface area (Å²) in [6.07, 6.45) is -3.90. The van der Waals surface area contributed by atoms with Crippen molar-refractivity contribution in [3.8, 4) is 0 Å². The minimum absolute atomic E-state index is 0.0989. The quantitative estimate of drug-likeness (QED) is 0.388. The molecule has 8 nitrogen and oxygen atoms in total. The Morgan fingerprint density at radius 3 is 2.08 bits per heavy atom. The summed E-state index contributed by atoms with van der Waals surface area (Å²) in [5.74, 6) is -6.27. The summed E-state index contributed by atoms with van der Waals surface area (Å²) in [6, 6.07) is 15.6. The number of carbonyl (C=O) groups is 3. The number of amides is 3. The summed E-state index contributed by atoms with van der Waals surface area (Å²) in [4.78, 5) is 38.2. The van der Waals surface area contributed by atoms with Gasteiger partial charge in [0.2, 0.25) is 5.91 Å². The third kappa shape index (κ3) is 8.60. The van der Waals surface area contributed by atoms with Crippen LogP contribution in [0.3, 0.4) is 0 Å². The first-order valence-electron chi connectivity index (χ1n) is 11.8. The van der Waals surface area contributed by atoms with E-state index in [4.69, 9.17) is 4.74 Å². The lowest BCUT2D eigenvalue weighted by Crippen LogP contribution is -2.58. The van der Waals surface area contributed by atoms with Crippen molar-refractivity contribution >= 4 is 17.9 Å². The third-order valence-corrected chi connectivity index (χ3v) is 5.61. The lowest BCUT2D eigenvalue weighted by molar-refractivity contribution is -0.166. The molecule has 10 heteroatoms. The van der Waals surface area contributed by atoms with Gasteiger partial charge in [0.05, 0.1) is 6.04 Å². The number of alkyl halides is 2. The highest BCUT2D eigenvalue weighted by Gasteiger charge is 2.50. The van der Waals surface area contributed by atoms with Crippen molar-refractivity contribution in [1.29, 1.82) is 0 Å². The van der Waals surface area contributed by atoms with E-state index in [2.05, 4.69) is 5.32 Å². The summed E-state index contributed by atoms with van der Waals surface area (Å²) in [5, 5.41) is 14.8. The molecule has 0 aromatic heterocycles. The Balaban J connectivity index is 2.05. The first-order valence-corrected chi connectivity index (χ1v) is 11.8. The molecule has 2 aromatic carbocycles. The van der Waals surface area contributed by atoms with E-state index in [9.17, 15) is 28.3 Å². The predicted octanol–water partition coefficient (Wildman–Crippen LogP) is 2.90. The molecule has 1 unspecified atom stereocenters. The van der Waals surface area contributed by atoms with E-state index < -0.39 is 30.1 Å². The van der Waals surface area contributed by atoms with Crippen molar-refractivity contribution in [3.63, 3.8) is 0 Å². The van der Waals surface area contributed by atoms with Gasteiger partial charge in [-0.05, 0) is 31.4 Å². The Morgan fingerprint density at radius 2 is 1.53 bits per heavy atom. The molecule has 0 aliphatic heterocycles. The van der Waals surface area contributed by atoms with Gasteiger partial charge in [0.15, 0.2) is 0 Å². The standard InChI is InChI=1S/C26H33F2N3O5/c1-3-31(4-2)22(32)15-16-29-24(34)26(27,28)23(33)21(17-19-11-7-5-8-12-19)30-25(35)36-18-20-13-9-6-10-14-20/h5-14,21,23,33H,3-4,15-18H2,1-2H3,(H,29,34)(H,30,35)/t21-,23?/m0/s1. The predicted molar refractivity (Wildman–Crippen MR) is 130 cm³/mol. The van der Waals surface area contributed by atoms with Gasteiger partial charge in [-0.15, -0.1) is 0 Å². The highest BCUT2D eigenvalue weighted by atomic mass is 19.3. The van der Waals surface area contributed by atoms with Crippen molar-refractivity contribution in [2.45, 2.75) is 51.4 Å². The van der Waals surface area contributed by atoms with Crippen molar-refractivity contribution in [1.82, 2.24) is 15.5 Å². The molecule has 0 heterocycles. The molecule has 3 amide bonds. The topological polar surface area (TPSA) is 108 Å². The first-order chi connectivity index (χ1) is 17.2. The maximum Gasteiger partial charge on any atom is 0.407 e. The fourth-order valence-corrected chi connectivity index (χ4v) is 3.55. The fraction of sp³-hybridized carbons (Fsp3) is 0.423. The molecule has 0 spiro atoms. The third-order valence-electron chi connectivity index (χ3n) is 5.61. The maximum atomic E-state index is 14.9.